The van der Waals surface area contributed by atoms with Gasteiger partial charge in [-0.25, -0.2) is 0 Å². The number of ether oxygens (including phenoxy) is 1. The molecule has 1 fully saturated rings. The number of nitrogens with zero attached hydrogens (tertiary/aromatic N) is 1. The molecule has 0 bridgehead atoms. The number of likely N-dealkylation sites (tertiary alicyclic amines) is 1. The van der Waals surface area contributed by atoms with E-state index in [2.05, 4.69) is 40.5 Å². The van der Waals surface area contributed by atoms with Crippen molar-refractivity contribution in [3.8, 4) is 5.75 Å². The van der Waals surface area contributed by atoms with Crippen molar-refractivity contribution >= 4 is 5.78 Å². The minimum Gasteiger partial charge on any atom is -0.491 e. The molecule has 0 radical (unpaired) electrons. The van der Waals surface area contributed by atoms with E-state index < -0.39 is 6.10 Å². The van der Waals surface area contributed by atoms with E-state index in [1.807, 2.05) is 24.3 Å². The van der Waals surface area contributed by atoms with Crippen molar-refractivity contribution in [1.82, 2.24) is 10.2 Å². The molecule has 1 heterocycles. The van der Waals surface area contributed by atoms with Gasteiger partial charge in [-0.1, -0.05) is 42.5 Å². The number of aliphatic hydroxyl groups is 1. The Labute approximate surface area is 180 Å². The number of aryl methyl sites for hydroxylation is 1. The lowest BCUT2D eigenvalue weighted by Crippen LogP contribution is -2.45. The number of Topliss-reactive ketones (excluding diaryl/α,β-unsaturated/α-hetero) is 1. The Bertz CT molecular complexity index is 756. The molecule has 2 N–H and O–H groups in total. The summed E-state index contributed by atoms with van der Waals surface area (Å²) in [5.41, 5.74) is 2.49. The average Bonchev–Trinajstić information content (AvgIpc) is 2.77. The summed E-state index contributed by atoms with van der Waals surface area (Å²) in [6, 6.07) is 18.8. The maximum absolute atomic E-state index is 11.1. The van der Waals surface area contributed by atoms with E-state index in [4.69, 9.17) is 4.74 Å². The molecule has 5 nitrogen and oxygen atoms in total. The predicted molar refractivity (Wildman–Crippen MR) is 120 cm³/mol. The quantitative estimate of drug-likeness (QED) is 0.596. The molecule has 162 valence electrons. The van der Waals surface area contributed by atoms with Crippen LogP contribution in [-0.2, 0) is 17.8 Å². The third-order valence-electron chi connectivity index (χ3n) is 5.61. The standard InChI is InChI=1S/C25H34N2O3/c1-20(28)7-8-21-9-11-25(12-10-21)30-19-24(29)17-26-23-13-15-27(16-14-23)18-22-5-3-2-4-6-22/h2-6,9-12,23-24,26,29H,7-8,13-19H2,1H3/t24-/m1/s1. The van der Waals surface area contributed by atoms with Crippen LogP contribution in [0.4, 0.5) is 0 Å². The number of hydrogen-bond acceptors (Lipinski definition) is 5. The maximum Gasteiger partial charge on any atom is 0.130 e. The molecule has 0 unspecified atom stereocenters. The first-order chi connectivity index (χ1) is 14.6. The van der Waals surface area contributed by atoms with Gasteiger partial charge in [-0.3, -0.25) is 4.90 Å². The number of nitrogens with one attached hydrogen (secondary N) is 1. The summed E-state index contributed by atoms with van der Waals surface area (Å²) in [4.78, 5) is 13.6. The number of piperidine rings is 1. The number of benzene rings is 2. The van der Waals surface area contributed by atoms with Gasteiger partial charge in [0, 0.05) is 25.6 Å². The lowest BCUT2D eigenvalue weighted by atomic mass is 10.0. The zero-order valence-electron chi connectivity index (χ0n) is 17.9. The van der Waals surface area contributed by atoms with Crippen LogP contribution in [0, 0.1) is 0 Å². The van der Waals surface area contributed by atoms with E-state index in [1.165, 1.54) is 5.56 Å². The van der Waals surface area contributed by atoms with Crippen LogP contribution in [0.2, 0.25) is 0 Å². The Morgan fingerprint density at radius 3 is 2.47 bits per heavy atom. The van der Waals surface area contributed by atoms with E-state index in [9.17, 15) is 9.90 Å². The van der Waals surface area contributed by atoms with E-state index in [1.54, 1.807) is 6.92 Å². The van der Waals surface area contributed by atoms with Gasteiger partial charge in [-0.15, -0.1) is 0 Å². The highest BCUT2D eigenvalue weighted by molar-refractivity contribution is 5.75. The van der Waals surface area contributed by atoms with Crippen LogP contribution in [0.25, 0.3) is 0 Å². The molecular formula is C25H34N2O3. The van der Waals surface area contributed by atoms with Gasteiger partial charge in [0.15, 0.2) is 0 Å². The van der Waals surface area contributed by atoms with Crippen molar-refractivity contribution in [2.75, 3.05) is 26.2 Å². The first kappa shape index (κ1) is 22.5. The van der Waals surface area contributed by atoms with Crippen LogP contribution < -0.4 is 10.1 Å². The average molecular weight is 411 g/mol. The van der Waals surface area contributed by atoms with Gasteiger partial charge in [0.1, 0.15) is 24.2 Å². The van der Waals surface area contributed by atoms with E-state index >= 15 is 0 Å². The van der Waals surface area contributed by atoms with Crippen molar-refractivity contribution in [3.63, 3.8) is 0 Å². The van der Waals surface area contributed by atoms with Crippen LogP contribution in [0.1, 0.15) is 37.3 Å². The van der Waals surface area contributed by atoms with E-state index in [0.29, 0.717) is 19.0 Å². The number of rotatable bonds is 11. The van der Waals surface area contributed by atoms with E-state index in [0.717, 1.165) is 50.2 Å². The molecule has 0 aliphatic carbocycles. The number of carbonyl (C=O) groups is 1. The fourth-order valence-corrected chi connectivity index (χ4v) is 3.76. The Morgan fingerprint density at radius 1 is 1.10 bits per heavy atom. The second-order valence-electron chi connectivity index (χ2n) is 8.26. The normalized spacial score (nSPS) is 16.3. The summed E-state index contributed by atoms with van der Waals surface area (Å²) in [5.74, 6) is 0.947. The SMILES string of the molecule is CC(=O)CCc1ccc(OC[C@H](O)CNC2CCN(Cc3ccccc3)CC2)cc1. The van der Waals surface area contributed by atoms with Crippen molar-refractivity contribution < 1.29 is 14.6 Å². The Kier molecular flexibility index (Phi) is 8.87. The Hall–Kier alpha value is -2.21. The number of hydrogen-bond donors (Lipinski definition) is 2. The molecule has 1 saturated heterocycles. The van der Waals surface area contributed by atoms with Crippen molar-refractivity contribution in [2.45, 2.75) is 51.3 Å². The lowest BCUT2D eigenvalue weighted by molar-refractivity contribution is -0.116. The van der Waals surface area contributed by atoms with Crippen molar-refractivity contribution in [1.29, 1.82) is 0 Å². The fraction of sp³-hybridized carbons (Fsp3) is 0.480. The van der Waals surface area contributed by atoms with Crippen molar-refractivity contribution in [2.24, 2.45) is 0 Å². The summed E-state index contributed by atoms with van der Waals surface area (Å²) in [5, 5.41) is 13.7. The Morgan fingerprint density at radius 2 is 1.80 bits per heavy atom. The summed E-state index contributed by atoms with van der Waals surface area (Å²) in [6.45, 7) is 5.59. The molecule has 2 aromatic carbocycles. The van der Waals surface area contributed by atoms with Crippen LogP contribution in [0.5, 0.6) is 5.75 Å². The third-order valence-corrected chi connectivity index (χ3v) is 5.61. The zero-order chi connectivity index (χ0) is 21.2. The minimum absolute atomic E-state index is 0.202. The van der Waals surface area contributed by atoms with Crippen molar-refractivity contribution in [3.05, 3.63) is 65.7 Å². The molecular weight excluding hydrogens is 376 g/mol. The summed E-state index contributed by atoms with van der Waals surface area (Å²) in [7, 11) is 0. The number of carbonyl (C=O) groups excluding carboxylic acids is 1. The first-order valence-electron chi connectivity index (χ1n) is 11.0. The van der Waals surface area contributed by atoms with Gasteiger partial charge < -0.3 is 20.0 Å². The van der Waals surface area contributed by atoms with Crippen LogP contribution in [-0.4, -0.2) is 54.2 Å². The Balaban J connectivity index is 1.29. The van der Waals surface area contributed by atoms with Gasteiger partial charge in [0.25, 0.3) is 0 Å². The highest BCUT2D eigenvalue weighted by Crippen LogP contribution is 2.15. The second-order valence-corrected chi connectivity index (χ2v) is 8.26. The molecule has 0 spiro atoms. The van der Waals surface area contributed by atoms with Gasteiger partial charge in [0.2, 0.25) is 0 Å². The molecule has 1 aliphatic heterocycles. The van der Waals surface area contributed by atoms with Crippen LogP contribution in [0.15, 0.2) is 54.6 Å². The maximum atomic E-state index is 11.1. The summed E-state index contributed by atoms with van der Waals surface area (Å²) >= 11 is 0. The van der Waals surface area contributed by atoms with E-state index in [-0.39, 0.29) is 12.4 Å². The molecule has 1 atom stereocenters. The molecule has 0 aromatic heterocycles. The monoisotopic (exact) mass is 410 g/mol. The molecule has 0 saturated carbocycles. The first-order valence-corrected chi connectivity index (χ1v) is 11.0. The molecule has 0 amide bonds. The predicted octanol–water partition coefficient (Wildman–Crippen LogP) is 3.20. The fourth-order valence-electron chi connectivity index (χ4n) is 3.76. The summed E-state index contributed by atoms with van der Waals surface area (Å²) < 4.78 is 5.71. The number of aliphatic hydroxyl groups excluding tert-OH is 1. The molecule has 30 heavy (non-hydrogen) atoms. The highest BCUT2D eigenvalue weighted by atomic mass is 16.5. The van der Waals surface area contributed by atoms with Gasteiger partial charge in [-0.2, -0.15) is 0 Å². The van der Waals surface area contributed by atoms with Gasteiger partial charge in [-0.05, 0) is 62.5 Å². The molecule has 1 aliphatic rings. The lowest BCUT2D eigenvalue weighted by Gasteiger charge is -2.33. The van der Waals surface area contributed by atoms with Crippen LogP contribution >= 0.6 is 0 Å². The molecule has 5 heteroatoms. The minimum atomic E-state index is -0.537. The number of ketones is 1. The molecule has 2 aromatic rings. The third kappa shape index (κ3) is 7.90. The summed E-state index contributed by atoms with van der Waals surface area (Å²) in [6.07, 6.45) is 2.98. The van der Waals surface area contributed by atoms with Gasteiger partial charge >= 0.3 is 0 Å². The smallest absolute Gasteiger partial charge is 0.130 e. The zero-order valence-corrected chi connectivity index (χ0v) is 17.9. The second kappa shape index (κ2) is 11.8. The molecule has 3 rings (SSSR count). The topological polar surface area (TPSA) is 61.8 Å². The van der Waals surface area contributed by atoms with Gasteiger partial charge in [0.05, 0.1) is 0 Å². The largest absolute Gasteiger partial charge is 0.491 e. The highest BCUT2D eigenvalue weighted by Gasteiger charge is 2.19. The van der Waals surface area contributed by atoms with Crippen LogP contribution in [0.3, 0.4) is 0 Å².